The van der Waals surface area contributed by atoms with Crippen LogP contribution in [0.4, 0.5) is 11.5 Å². The largest absolute Gasteiger partial charge is 0.329 e. The Kier molecular flexibility index (Phi) is 4.20. The first-order valence-electron chi connectivity index (χ1n) is 7.78. The molecular formula is C18H23N3. The lowest BCUT2D eigenvalue weighted by atomic mass is 10.1. The summed E-state index contributed by atoms with van der Waals surface area (Å²) in [5.74, 6) is 0.995. The molecule has 1 aliphatic carbocycles. The zero-order valence-corrected chi connectivity index (χ0v) is 12.8. The Bertz CT molecular complexity index is 588. The molecule has 3 rings (SSSR count). The predicted molar refractivity (Wildman–Crippen MR) is 88.0 cm³/mol. The third kappa shape index (κ3) is 3.61. The zero-order valence-electron chi connectivity index (χ0n) is 12.8. The van der Waals surface area contributed by atoms with Crippen LogP contribution >= 0.6 is 0 Å². The number of pyridine rings is 1. The van der Waals surface area contributed by atoms with E-state index < -0.39 is 0 Å². The monoisotopic (exact) mass is 281 g/mol. The standard InChI is InChI=1S/C18H23N3/c1-3-14-7-11-17(12-8-14)21(2)18-6-4-5-16(20-18)13-19-15-9-10-15/h4-8,11-12,15,19H,3,9-10,13H2,1-2H3. The normalized spacial score (nSPS) is 14.2. The first-order valence-corrected chi connectivity index (χ1v) is 7.78. The van der Waals surface area contributed by atoms with Gasteiger partial charge in [-0.3, -0.25) is 0 Å². The van der Waals surface area contributed by atoms with E-state index in [2.05, 4.69) is 66.7 Å². The average molecular weight is 281 g/mol. The Balaban J connectivity index is 1.72. The molecule has 21 heavy (non-hydrogen) atoms. The van der Waals surface area contributed by atoms with Crippen molar-refractivity contribution in [2.45, 2.75) is 38.8 Å². The number of rotatable bonds is 6. The Morgan fingerprint density at radius 2 is 1.90 bits per heavy atom. The van der Waals surface area contributed by atoms with Crippen LogP contribution in [0, 0.1) is 0 Å². The van der Waals surface area contributed by atoms with E-state index in [9.17, 15) is 0 Å². The van der Waals surface area contributed by atoms with Crippen molar-refractivity contribution in [2.75, 3.05) is 11.9 Å². The highest BCUT2D eigenvalue weighted by molar-refractivity contribution is 5.59. The number of aromatic nitrogens is 1. The lowest BCUT2D eigenvalue weighted by molar-refractivity contribution is 0.674. The van der Waals surface area contributed by atoms with Crippen LogP contribution in [0.5, 0.6) is 0 Å². The van der Waals surface area contributed by atoms with Crippen molar-refractivity contribution in [3.8, 4) is 0 Å². The van der Waals surface area contributed by atoms with Gasteiger partial charge in [-0.2, -0.15) is 0 Å². The molecule has 0 spiro atoms. The molecule has 0 amide bonds. The van der Waals surface area contributed by atoms with Crippen LogP contribution in [0.1, 0.15) is 31.0 Å². The molecule has 3 nitrogen and oxygen atoms in total. The fourth-order valence-electron chi connectivity index (χ4n) is 2.38. The van der Waals surface area contributed by atoms with E-state index in [0.717, 1.165) is 30.5 Å². The van der Waals surface area contributed by atoms with Gasteiger partial charge in [-0.15, -0.1) is 0 Å². The second kappa shape index (κ2) is 6.27. The summed E-state index contributed by atoms with van der Waals surface area (Å²) in [5.41, 5.74) is 3.64. The SMILES string of the molecule is CCc1ccc(N(C)c2cccc(CNC3CC3)n2)cc1. The highest BCUT2D eigenvalue weighted by Crippen LogP contribution is 2.23. The fourth-order valence-corrected chi connectivity index (χ4v) is 2.38. The summed E-state index contributed by atoms with van der Waals surface area (Å²) in [6.07, 6.45) is 3.69. The molecule has 0 aliphatic heterocycles. The Morgan fingerprint density at radius 1 is 1.14 bits per heavy atom. The highest BCUT2D eigenvalue weighted by Gasteiger charge is 2.20. The van der Waals surface area contributed by atoms with Gasteiger partial charge in [0.15, 0.2) is 0 Å². The second-order valence-electron chi connectivity index (χ2n) is 5.72. The van der Waals surface area contributed by atoms with E-state index in [4.69, 9.17) is 4.98 Å². The van der Waals surface area contributed by atoms with Crippen LogP contribution in [-0.4, -0.2) is 18.1 Å². The van der Waals surface area contributed by atoms with Crippen molar-refractivity contribution in [3.05, 3.63) is 53.7 Å². The number of nitrogens with zero attached hydrogens (tertiary/aromatic N) is 2. The molecule has 1 fully saturated rings. The maximum Gasteiger partial charge on any atom is 0.133 e. The fraction of sp³-hybridized carbons (Fsp3) is 0.389. The molecule has 0 saturated heterocycles. The van der Waals surface area contributed by atoms with Crippen molar-refractivity contribution >= 4 is 11.5 Å². The number of nitrogens with one attached hydrogen (secondary N) is 1. The van der Waals surface area contributed by atoms with Gasteiger partial charge in [-0.05, 0) is 49.1 Å². The Hall–Kier alpha value is -1.87. The molecule has 0 atom stereocenters. The van der Waals surface area contributed by atoms with Gasteiger partial charge in [0.1, 0.15) is 5.82 Å². The van der Waals surface area contributed by atoms with Gasteiger partial charge in [0, 0.05) is 25.3 Å². The number of hydrogen-bond acceptors (Lipinski definition) is 3. The smallest absolute Gasteiger partial charge is 0.133 e. The third-order valence-corrected chi connectivity index (χ3v) is 4.02. The van der Waals surface area contributed by atoms with E-state index in [1.54, 1.807) is 0 Å². The van der Waals surface area contributed by atoms with Crippen LogP contribution in [-0.2, 0) is 13.0 Å². The molecule has 1 N–H and O–H groups in total. The van der Waals surface area contributed by atoms with Gasteiger partial charge < -0.3 is 10.2 Å². The third-order valence-electron chi connectivity index (χ3n) is 4.02. The molecule has 1 saturated carbocycles. The number of hydrogen-bond donors (Lipinski definition) is 1. The molecule has 1 aliphatic rings. The molecule has 3 heteroatoms. The molecule has 1 aromatic carbocycles. The minimum Gasteiger partial charge on any atom is -0.329 e. The van der Waals surface area contributed by atoms with Crippen LogP contribution in [0.15, 0.2) is 42.5 Å². The van der Waals surface area contributed by atoms with Gasteiger partial charge in [0.25, 0.3) is 0 Å². The van der Waals surface area contributed by atoms with Gasteiger partial charge in [-0.1, -0.05) is 25.1 Å². The van der Waals surface area contributed by atoms with Gasteiger partial charge in [0.2, 0.25) is 0 Å². The molecule has 1 aromatic heterocycles. The zero-order chi connectivity index (χ0) is 14.7. The second-order valence-corrected chi connectivity index (χ2v) is 5.72. The molecule has 0 bridgehead atoms. The molecule has 2 aromatic rings. The summed E-state index contributed by atoms with van der Waals surface area (Å²) in [6.45, 7) is 3.04. The minimum atomic E-state index is 0.717. The summed E-state index contributed by atoms with van der Waals surface area (Å²) in [6, 6.07) is 15.7. The van der Waals surface area contributed by atoms with E-state index in [1.165, 1.54) is 24.1 Å². The van der Waals surface area contributed by atoms with E-state index >= 15 is 0 Å². The molecule has 0 unspecified atom stereocenters. The highest BCUT2D eigenvalue weighted by atomic mass is 15.2. The van der Waals surface area contributed by atoms with Crippen molar-refractivity contribution in [2.24, 2.45) is 0 Å². The molecule has 0 radical (unpaired) electrons. The lowest BCUT2D eigenvalue weighted by Gasteiger charge is -2.19. The van der Waals surface area contributed by atoms with Crippen LogP contribution < -0.4 is 10.2 Å². The van der Waals surface area contributed by atoms with Crippen LogP contribution in [0.25, 0.3) is 0 Å². The lowest BCUT2D eigenvalue weighted by Crippen LogP contribution is -2.17. The predicted octanol–water partition coefficient (Wildman–Crippen LogP) is 3.66. The summed E-state index contributed by atoms with van der Waals surface area (Å²) >= 11 is 0. The average Bonchev–Trinajstić information content (AvgIpc) is 3.37. The summed E-state index contributed by atoms with van der Waals surface area (Å²) in [4.78, 5) is 6.89. The number of anilines is 2. The minimum absolute atomic E-state index is 0.717. The molecule has 110 valence electrons. The number of benzene rings is 1. The van der Waals surface area contributed by atoms with E-state index in [1.807, 2.05) is 0 Å². The van der Waals surface area contributed by atoms with Crippen LogP contribution in [0.2, 0.25) is 0 Å². The van der Waals surface area contributed by atoms with Gasteiger partial charge in [0.05, 0.1) is 5.69 Å². The first-order chi connectivity index (χ1) is 10.3. The summed E-state index contributed by atoms with van der Waals surface area (Å²) < 4.78 is 0. The summed E-state index contributed by atoms with van der Waals surface area (Å²) in [5, 5.41) is 3.51. The van der Waals surface area contributed by atoms with E-state index in [-0.39, 0.29) is 0 Å². The topological polar surface area (TPSA) is 28.2 Å². The molecular weight excluding hydrogens is 258 g/mol. The van der Waals surface area contributed by atoms with Gasteiger partial charge in [-0.25, -0.2) is 4.98 Å². The van der Waals surface area contributed by atoms with Gasteiger partial charge >= 0.3 is 0 Å². The summed E-state index contributed by atoms with van der Waals surface area (Å²) in [7, 11) is 2.07. The van der Waals surface area contributed by atoms with E-state index in [0.29, 0.717) is 0 Å². The molecule has 1 heterocycles. The Morgan fingerprint density at radius 3 is 2.57 bits per heavy atom. The number of aryl methyl sites for hydroxylation is 1. The van der Waals surface area contributed by atoms with Crippen molar-refractivity contribution in [3.63, 3.8) is 0 Å². The maximum atomic E-state index is 4.75. The van der Waals surface area contributed by atoms with Crippen molar-refractivity contribution < 1.29 is 0 Å². The first kappa shape index (κ1) is 14.1. The quantitative estimate of drug-likeness (QED) is 0.875. The Labute approximate surface area is 127 Å². The maximum absolute atomic E-state index is 4.75. The van der Waals surface area contributed by atoms with Crippen molar-refractivity contribution in [1.82, 2.24) is 10.3 Å². The van der Waals surface area contributed by atoms with Crippen LogP contribution in [0.3, 0.4) is 0 Å². The van der Waals surface area contributed by atoms with Crippen molar-refractivity contribution in [1.29, 1.82) is 0 Å².